The third-order valence-electron chi connectivity index (χ3n) is 9.66. The molecular weight excluding hydrogens is 833 g/mol. The van der Waals surface area contributed by atoms with Gasteiger partial charge in [0.2, 0.25) is 5.78 Å². The Morgan fingerprint density at radius 3 is 2.28 bits per heavy atom. The first-order chi connectivity index (χ1) is 31.1. The zero-order valence-corrected chi connectivity index (χ0v) is 35.5. The van der Waals surface area contributed by atoms with Crippen LogP contribution in [-0.4, -0.2) is 106 Å². The van der Waals surface area contributed by atoms with Crippen LogP contribution < -0.4 is 21.5 Å². The number of aromatic nitrogens is 6. The van der Waals surface area contributed by atoms with E-state index in [2.05, 4.69) is 36.3 Å². The first-order valence-electron chi connectivity index (χ1n) is 20.5. The number of hydrogen-bond acceptors (Lipinski definition) is 11. The van der Waals surface area contributed by atoms with Crippen LogP contribution in [0.15, 0.2) is 95.1 Å². The second kappa shape index (κ2) is 23.4. The standard InChI is InChI=1S/C43H49F2N13O6/c1-3-47-42(61)50-32-14-12-31(13-15-32)39-38(29-55(2)25-30-8-5-4-6-9-30)58-41(60)35(28-56(43(58)51-39)27-34-36(44)10-7-11-37(34)45)40(59)48-24-33-26-57(54-52-33)17-19-63-21-23-64-22-20-62-18-16-49-53-46/h4-15,26,28H,3,16-25,27,29H2,1-2H3,(H,48,59)(H2,47,50,61). The van der Waals surface area contributed by atoms with Crippen molar-refractivity contribution in [3.05, 3.63) is 146 Å². The van der Waals surface area contributed by atoms with Crippen molar-refractivity contribution in [2.75, 3.05) is 65.1 Å². The minimum Gasteiger partial charge on any atom is -0.379 e. The van der Waals surface area contributed by atoms with Crippen LogP contribution in [0.1, 0.15) is 39.8 Å². The van der Waals surface area contributed by atoms with E-state index in [4.69, 9.17) is 24.7 Å². The number of imidazole rings is 1. The average Bonchev–Trinajstić information content (AvgIpc) is 3.91. The van der Waals surface area contributed by atoms with Gasteiger partial charge < -0.3 is 34.7 Å². The fraction of sp³-hybridized carbons (Fsp3) is 0.349. The molecule has 6 aromatic rings. The Morgan fingerprint density at radius 2 is 1.58 bits per heavy atom. The molecule has 336 valence electrons. The lowest BCUT2D eigenvalue weighted by atomic mass is 10.1. The predicted molar refractivity (Wildman–Crippen MR) is 232 cm³/mol. The molecule has 0 aliphatic heterocycles. The number of hydrogen-bond donors (Lipinski definition) is 3. The molecule has 0 aliphatic carbocycles. The van der Waals surface area contributed by atoms with Gasteiger partial charge in [-0.15, -0.1) is 5.10 Å². The summed E-state index contributed by atoms with van der Waals surface area (Å²) in [6, 6.07) is 19.8. The second-order valence-corrected chi connectivity index (χ2v) is 14.4. The first-order valence-corrected chi connectivity index (χ1v) is 20.5. The van der Waals surface area contributed by atoms with Crippen molar-refractivity contribution in [3.63, 3.8) is 0 Å². The number of carbonyl (C=O) groups excluding carboxylic acids is 2. The maximum absolute atomic E-state index is 15.2. The highest BCUT2D eigenvalue weighted by Gasteiger charge is 2.25. The third-order valence-corrected chi connectivity index (χ3v) is 9.66. The number of rotatable bonds is 24. The van der Waals surface area contributed by atoms with Crippen LogP contribution in [0.2, 0.25) is 0 Å². The fourth-order valence-corrected chi connectivity index (χ4v) is 6.64. The molecule has 3 N–H and O–H groups in total. The molecule has 64 heavy (non-hydrogen) atoms. The summed E-state index contributed by atoms with van der Waals surface area (Å²) >= 11 is 0. The molecule has 0 unspecified atom stereocenters. The summed E-state index contributed by atoms with van der Waals surface area (Å²) in [5.41, 5.74) is 10.3. The number of fused-ring (bicyclic) bond motifs is 1. The maximum atomic E-state index is 15.2. The van der Waals surface area contributed by atoms with Crippen molar-refractivity contribution >= 4 is 23.4 Å². The van der Waals surface area contributed by atoms with Gasteiger partial charge in [0.25, 0.3) is 11.5 Å². The zero-order valence-electron chi connectivity index (χ0n) is 35.5. The van der Waals surface area contributed by atoms with Crippen molar-refractivity contribution in [1.29, 1.82) is 0 Å². The van der Waals surface area contributed by atoms with Crippen LogP contribution >= 0.6 is 0 Å². The van der Waals surface area contributed by atoms with Crippen molar-refractivity contribution in [1.82, 2.24) is 44.5 Å². The van der Waals surface area contributed by atoms with Crippen LogP contribution in [0, 0.1) is 11.6 Å². The van der Waals surface area contributed by atoms with E-state index in [1.165, 1.54) is 21.2 Å². The number of anilines is 1. The van der Waals surface area contributed by atoms with Gasteiger partial charge in [-0.05, 0) is 49.3 Å². The molecule has 0 aliphatic rings. The molecule has 0 saturated carbocycles. The lowest BCUT2D eigenvalue weighted by Crippen LogP contribution is -2.34. The smallest absolute Gasteiger partial charge is 0.319 e. The Kier molecular flexibility index (Phi) is 17.0. The summed E-state index contributed by atoms with van der Waals surface area (Å²) in [5, 5.41) is 19.8. The molecule has 6 rings (SSSR count). The summed E-state index contributed by atoms with van der Waals surface area (Å²) in [6.07, 6.45) is 2.89. The van der Waals surface area contributed by atoms with E-state index in [0.717, 1.165) is 17.7 Å². The molecule has 3 aromatic carbocycles. The SMILES string of the molecule is CCNC(=O)Nc1ccc(-c2nc3n(Cc4c(F)cccc4F)cc(C(=O)NCc4cn(CCOCCOCCOCCN=[N+]=[N-])nn4)c(=O)n3c2CN(C)Cc2ccccc2)cc1. The number of ether oxygens (including phenoxy) is 3. The van der Waals surface area contributed by atoms with Crippen LogP contribution in [-0.2, 0) is 46.9 Å². The predicted octanol–water partition coefficient (Wildman–Crippen LogP) is 5.14. The first kappa shape index (κ1) is 46.5. The molecule has 19 nitrogen and oxygen atoms in total. The lowest BCUT2D eigenvalue weighted by Gasteiger charge is -2.18. The molecule has 3 aromatic heterocycles. The van der Waals surface area contributed by atoms with Crippen LogP contribution in [0.3, 0.4) is 0 Å². The van der Waals surface area contributed by atoms with Gasteiger partial charge in [-0.2, -0.15) is 0 Å². The Labute approximate surface area is 366 Å². The molecule has 0 bridgehead atoms. The monoisotopic (exact) mass is 881 g/mol. The van der Waals surface area contributed by atoms with Gasteiger partial charge in [-0.25, -0.2) is 27.6 Å². The highest BCUT2D eigenvalue weighted by atomic mass is 19.1. The summed E-state index contributed by atoms with van der Waals surface area (Å²) in [4.78, 5) is 50.4. The Balaban J connectivity index is 1.24. The number of azide groups is 1. The molecule has 0 spiro atoms. The number of nitrogens with one attached hydrogen (secondary N) is 3. The molecule has 3 amide bonds. The normalized spacial score (nSPS) is 11.2. The van der Waals surface area contributed by atoms with E-state index < -0.39 is 29.6 Å². The number of carbonyl (C=O) groups is 2. The summed E-state index contributed by atoms with van der Waals surface area (Å²) in [6.45, 7) is 5.14. The lowest BCUT2D eigenvalue weighted by molar-refractivity contribution is 0.0141. The van der Waals surface area contributed by atoms with E-state index in [0.29, 0.717) is 87.6 Å². The van der Waals surface area contributed by atoms with Gasteiger partial charge in [0.1, 0.15) is 22.9 Å². The number of nitrogens with zero attached hydrogens (tertiary/aromatic N) is 10. The van der Waals surface area contributed by atoms with Gasteiger partial charge in [0, 0.05) is 54.1 Å². The fourth-order valence-electron chi connectivity index (χ4n) is 6.64. The van der Waals surface area contributed by atoms with Gasteiger partial charge >= 0.3 is 6.03 Å². The Morgan fingerprint density at radius 1 is 0.875 bits per heavy atom. The molecule has 0 atom stereocenters. The van der Waals surface area contributed by atoms with Crippen molar-refractivity contribution < 1.29 is 32.6 Å². The molecule has 0 saturated heterocycles. The van der Waals surface area contributed by atoms with Gasteiger partial charge in [0.15, 0.2) is 0 Å². The number of amides is 3. The quantitative estimate of drug-likeness (QED) is 0.0314. The maximum Gasteiger partial charge on any atom is 0.319 e. The molecule has 0 radical (unpaired) electrons. The van der Waals surface area contributed by atoms with Crippen LogP contribution in [0.25, 0.3) is 27.5 Å². The minimum atomic E-state index is -0.809. The van der Waals surface area contributed by atoms with E-state index >= 15 is 8.78 Å². The highest BCUT2D eigenvalue weighted by molar-refractivity contribution is 5.94. The van der Waals surface area contributed by atoms with Crippen LogP contribution in [0.5, 0.6) is 0 Å². The third kappa shape index (κ3) is 12.8. The van der Waals surface area contributed by atoms with Crippen LogP contribution in [0.4, 0.5) is 19.3 Å². The van der Waals surface area contributed by atoms with Gasteiger partial charge in [-0.1, -0.05) is 58.9 Å². The minimum absolute atomic E-state index is 0.0523. The van der Waals surface area contributed by atoms with E-state index in [-0.39, 0.29) is 42.6 Å². The van der Waals surface area contributed by atoms with Gasteiger partial charge in [0.05, 0.1) is 76.9 Å². The summed E-state index contributed by atoms with van der Waals surface area (Å²) in [5.74, 6) is -2.32. The van der Waals surface area contributed by atoms with Crippen molar-refractivity contribution in [2.45, 2.75) is 39.6 Å². The largest absolute Gasteiger partial charge is 0.379 e. The van der Waals surface area contributed by atoms with Gasteiger partial charge in [-0.3, -0.25) is 14.5 Å². The Hall–Kier alpha value is -7.03. The number of urea groups is 1. The zero-order chi connectivity index (χ0) is 45.3. The second-order valence-electron chi connectivity index (χ2n) is 14.4. The topological polar surface area (TPSA) is 220 Å². The van der Waals surface area contributed by atoms with Crippen molar-refractivity contribution in [3.8, 4) is 11.3 Å². The molecular formula is C43H49F2N13O6. The van der Waals surface area contributed by atoms with Crippen molar-refractivity contribution in [2.24, 2.45) is 5.11 Å². The van der Waals surface area contributed by atoms with E-state index in [1.807, 2.05) is 42.3 Å². The molecule has 0 fully saturated rings. The number of halogens is 2. The average molecular weight is 882 g/mol. The van der Waals surface area contributed by atoms with E-state index in [1.54, 1.807) is 42.1 Å². The number of benzene rings is 3. The summed E-state index contributed by atoms with van der Waals surface area (Å²) < 4.78 is 51.0. The van der Waals surface area contributed by atoms with E-state index in [9.17, 15) is 14.4 Å². The summed E-state index contributed by atoms with van der Waals surface area (Å²) in [7, 11) is 1.88. The molecule has 3 heterocycles. The molecule has 21 heteroatoms. The highest BCUT2D eigenvalue weighted by Crippen LogP contribution is 2.28. The Bertz CT molecular complexity index is 2580.